The first-order valence-corrected chi connectivity index (χ1v) is 8.96. The molecule has 1 aromatic carbocycles. The summed E-state index contributed by atoms with van der Waals surface area (Å²) in [6, 6.07) is 5.66. The maximum Gasteiger partial charge on any atom is 0.313 e. The Kier molecular flexibility index (Phi) is 5.39. The predicted molar refractivity (Wildman–Crippen MR) is 94.2 cm³/mol. The highest BCUT2D eigenvalue weighted by Crippen LogP contribution is 2.37. The summed E-state index contributed by atoms with van der Waals surface area (Å²) in [6.07, 6.45) is 5.05. The lowest BCUT2D eigenvalue weighted by Gasteiger charge is -2.31. The van der Waals surface area contributed by atoms with Crippen LogP contribution in [0.1, 0.15) is 43.2 Å². The molecule has 3 rings (SSSR count). The van der Waals surface area contributed by atoms with E-state index in [9.17, 15) is 9.59 Å². The quantitative estimate of drug-likeness (QED) is 0.824. The van der Waals surface area contributed by atoms with E-state index in [1.54, 1.807) is 6.07 Å². The fourth-order valence-corrected chi connectivity index (χ4v) is 3.49. The molecular formula is C19H26N2O4. The summed E-state index contributed by atoms with van der Waals surface area (Å²) in [5.41, 5.74) is 2.68. The molecule has 6 heteroatoms. The number of ether oxygens (including phenoxy) is 2. The second kappa shape index (κ2) is 7.54. The molecular weight excluding hydrogens is 320 g/mol. The third kappa shape index (κ3) is 4.38. The number of carbonyl (C=O) groups is 2. The van der Waals surface area contributed by atoms with Crippen molar-refractivity contribution >= 4 is 17.5 Å². The molecule has 1 aliphatic heterocycles. The molecule has 1 saturated heterocycles. The summed E-state index contributed by atoms with van der Waals surface area (Å²) < 4.78 is 11.8. The van der Waals surface area contributed by atoms with Crippen molar-refractivity contribution in [3.8, 4) is 0 Å². The Bertz CT molecular complexity index is 653. The van der Waals surface area contributed by atoms with Gasteiger partial charge in [0, 0.05) is 25.1 Å². The highest BCUT2D eigenvalue weighted by molar-refractivity contribution is 6.39. The molecule has 2 N–H and O–H groups in total. The van der Waals surface area contributed by atoms with Gasteiger partial charge in [0.1, 0.15) is 6.10 Å². The highest BCUT2D eigenvalue weighted by atomic mass is 16.7. The zero-order valence-corrected chi connectivity index (χ0v) is 14.9. The van der Waals surface area contributed by atoms with Gasteiger partial charge in [-0.1, -0.05) is 24.1 Å². The van der Waals surface area contributed by atoms with Gasteiger partial charge in [0.15, 0.2) is 5.79 Å². The minimum Gasteiger partial charge on any atom is -0.347 e. The minimum atomic E-state index is -0.668. The summed E-state index contributed by atoms with van der Waals surface area (Å²) in [5.74, 6) is -1.79. The van der Waals surface area contributed by atoms with Crippen LogP contribution in [0, 0.1) is 13.8 Å². The van der Waals surface area contributed by atoms with Gasteiger partial charge in [-0.2, -0.15) is 0 Å². The van der Waals surface area contributed by atoms with Crippen molar-refractivity contribution in [1.29, 1.82) is 0 Å². The van der Waals surface area contributed by atoms with E-state index in [-0.39, 0.29) is 12.6 Å². The van der Waals surface area contributed by atoms with Crippen LogP contribution < -0.4 is 10.6 Å². The van der Waals surface area contributed by atoms with Crippen molar-refractivity contribution in [2.75, 3.05) is 18.5 Å². The summed E-state index contributed by atoms with van der Waals surface area (Å²) in [7, 11) is 0. The lowest BCUT2D eigenvalue weighted by molar-refractivity contribution is -0.186. The molecule has 0 radical (unpaired) electrons. The van der Waals surface area contributed by atoms with Crippen molar-refractivity contribution in [2.24, 2.45) is 0 Å². The van der Waals surface area contributed by atoms with Gasteiger partial charge in [-0.3, -0.25) is 9.59 Å². The van der Waals surface area contributed by atoms with E-state index in [0.717, 1.165) is 36.8 Å². The number of anilines is 1. The third-order valence-corrected chi connectivity index (χ3v) is 4.86. The molecule has 1 aromatic rings. The second-order valence-corrected chi connectivity index (χ2v) is 7.00. The topological polar surface area (TPSA) is 76.7 Å². The van der Waals surface area contributed by atoms with Gasteiger partial charge < -0.3 is 20.1 Å². The van der Waals surface area contributed by atoms with Crippen molar-refractivity contribution in [2.45, 2.75) is 57.8 Å². The molecule has 1 aliphatic carbocycles. The first kappa shape index (κ1) is 17.9. The maximum atomic E-state index is 12.1. The zero-order chi connectivity index (χ0) is 17.9. The van der Waals surface area contributed by atoms with Crippen LogP contribution in [0.3, 0.4) is 0 Å². The Morgan fingerprint density at radius 1 is 1.16 bits per heavy atom. The third-order valence-electron chi connectivity index (χ3n) is 4.86. The molecule has 1 atom stereocenters. The van der Waals surface area contributed by atoms with Crippen LogP contribution in [0.5, 0.6) is 0 Å². The van der Waals surface area contributed by atoms with Crippen LogP contribution in [-0.4, -0.2) is 36.9 Å². The Labute approximate surface area is 148 Å². The number of rotatable bonds is 3. The van der Waals surface area contributed by atoms with Crippen molar-refractivity contribution in [3.05, 3.63) is 29.3 Å². The monoisotopic (exact) mass is 346 g/mol. The Morgan fingerprint density at radius 3 is 2.64 bits per heavy atom. The fourth-order valence-electron chi connectivity index (χ4n) is 3.49. The van der Waals surface area contributed by atoms with Crippen LogP contribution in [0.4, 0.5) is 5.69 Å². The van der Waals surface area contributed by atoms with Crippen LogP contribution in [0.15, 0.2) is 18.2 Å². The molecule has 0 bridgehead atoms. The molecule has 1 heterocycles. The van der Waals surface area contributed by atoms with Crippen LogP contribution in [0.25, 0.3) is 0 Å². The molecule has 6 nitrogen and oxygen atoms in total. The summed E-state index contributed by atoms with van der Waals surface area (Å²) in [4.78, 5) is 24.1. The van der Waals surface area contributed by atoms with Gasteiger partial charge in [-0.25, -0.2) is 0 Å². The van der Waals surface area contributed by atoms with Crippen molar-refractivity contribution in [1.82, 2.24) is 5.32 Å². The summed E-state index contributed by atoms with van der Waals surface area (Å²) in [6.45, 7) is 4.61. The summed E-state index contributed by atoms with van der Waals surface area (Å²) in [5, 5.41) is 5.29. The van der Waals surface area contributed by atoms with Gasteiger partial charge in [-0.15, -0.1) is 0 Å². The Morgan fingerprint density at radius 2 is 1.92 bits per heavy atom. The first-order chi connectivity index (χ1) is 12.0. The maximum absolute atomic E-state index is 12.1. The normalized spacial score (nSPS) is 21.9. The molecule has 2 fully saturated rings. The molecule has 136 valence electrons. The average molecular weight is 346 g/mol. The summed E-state index contributed by atoms with van der Waals surface area (Å²) >= 11 is 0. The van der Waals surface area contributed by atoms with Crippen LogP contribution >= 0.6 is 0 Å². The molecule has 1 saturated carbocycles. The second-order valence-electron chi connectivity index (χ2n) is 7.00. The van der Waals surface area contributed by atoms with E-state index in [0.29, 0.717) is 12.3 Å². The molecule has 0 unspecified atom stereocenters. The zero-order valence-electron chi connectivity index (χ0n) is 14.9. The smallest absolute Gasteiger partial charge is 0.313 e. The van der Waals surface area contributed by atoms with Gasteiger partial charge in [0.25, 0.3) is 0 Å². The van der Waals surface area contributed by atoms with Gasteiger partial charge in [0.2, 0.25) is 0 Å². The lowest BCUT2D eigenvalue weighted by atomic mass is 9.94. The number of amides is 2. The number of benzene rings is 1. The van der Waals surface area contributed by atoms with E-state index in [1.807, 2.05) is 26.0 Å². The lowest BCUT2D eigenvalue weighted by Crippen LogP contribution is -2.41. The Balaban J connectivity index is 1.47. The number of hydrogen-bond acceptors (Lipinski definition) is 4. The first-order valence-electron chi connectivity index (χ1n) is 8.96. The fraction of sp³-hybridized carbons (Fsp3) is 0.579. The van der Waals surface area contributed by atoms with E-state index >= 15 is 0 Å². The SMILES string of the molecule is Cc1ccc(NC(=O)C(=O)NC[C@@H]2COC3(CCCCC3)O2)c(C)c1. The van der Waals surface area contributed by atoms with Gasteiger partial charge in [0.05, 0.1) is 6.61 Å². The van der Waals surface area contributed by atoms with E-state index < -0.39 is 17.6 Å². The molecule has 0 aromatic heterocycles. The highest BCUT2D eigenvalue weighted by Gasteiger charge is 2.42. The van der Waals surface area contributed by atoms with Crippen LogP contribution in [0.2, 0.25) is 0 Å². The van der Waals surface area contributed by atoms with E-state index in [2.05, 4.69) is 10.6 Å². The molecule has 1 spiro atoms. The van der Waals surface area contributed by atoms with Crippen LogP contribution in [-0.2, 0) is 19.1 Å². The van der Waals surface area contributed by atoms with Gasteiger partial charge >= 0.3 is 11.8 Å². The van der Waals surface area contributed by atoms with Crippen molar-refractivity contribution in [3.63, 3.8) is 0 Å². The number of carbonyl (C=O) groups excluding carboxylic acids is 2. The van der Waals surface area contributed by atoms with Gasteiger partial charge in [-0.05, 0) is 38.3 Å². The molecule has 25 heavy (non-hydrogen) atoms. The number of nitrogens with one attached hydrogen (secondary N) is 2. The predicted octanol–water partition coefficient (Wildman–Crippen LogP) is 2.43. The number of aryl methyl sites for hydroxylation is 2. The minimum absolute atomic E-state index is 0.198. The average Bonchev–Trinajstić information content (AvgIpc) is 2.98. The van der Waals surface area contributed by atoms with E-state index in [4.69, 9.17) is 9.47 Å². The Hall–Kier alpha value is -1.92. The molecule has 2 amide bonds. The van der Waals surface area contributed by atoms with E-state index in [1.165, 1.54) is 6.42 Å². The molecule has 2 aliphatic rings. The van der Waals surface area contributed by atoms with Crippen molar-refractivity contribution < 1.29 is 19.1 Å². The number of hydrogen-bond donors (Lipinski definition) is 2. The largest absolute Gasteiger partial charge is 0.347 e. The standard InChI is InChI=1S/C19H26N2O4/c1-13-6-7-16(14(2)10-13)21-18(23)17(22)20-11-15-12-24-19(25-15)8-4-3-5-9-19/h6-7,10,15H,3-5,8-9,11-12H2,1-2H3,(H,20,22)(H,21,23)/t15-/m1/s1.